The van der Waals surface area contributed by atoms with E-state index >= 15 is 0 Å². The summed E-state index contributed by atoms with van der Waals surface area (Å²) in [5, 5.41) is 13.5. The van der Waals surface area contributed by atoms with Gasteiger partial charge in [-0.15, -0.1) is 0 Å². The summed E-state index contributed by atoms with van der Waals surface area (Å²) < 4.78 is 5.45. The molecule has 0 saturated carbocycles. The van der Waals surface area contributed by atoms with Crippen molar-refractivity contribution in [3.05, 3.63) is 23.8 Å². The maximum absolute atomic E-state index is 9.75. The molecule has 2 N–H and O–H groups in total. The lowest BCUT2D eigenvalue weighted by atomic mass is 9.99. The van der Waals surface area contributed by atoms with Crippen LogP contribution in [0.15, 0.2) is 18.2 Å². The van der Waals surface area contributed by atoms with E-state index in [9.17, 15) is 5.11 Å². The molecule has 3 rings (SSSR count). The van der Waals surface area contributed by atoms with Crippen LogP contribution in [-0.4, -0.2) is 41.8 Å². The molecule has 2 unspecified atom stereocenters. The molecule has 116 valence electrons. The van der Waals surface area contributed by atoms with Crippen LogP contribution in [0.1, 0.15) is 38.2 Å². The topological polar surface area (TPSA) is 44.7 Å². The minimum atomic E-state index is 0.222. The Morgan fingerprint density at radius 2 is 2.19 bits per heavy atom. The van der Waals surface area contributed by atoms with Crippen LogP contribution in [0.5, 0.6) is 11.5 Å². The number of ether oxygens (including phenoxy) is 1. The van der Waals surface area contributed by atoms with Gasteiger partial charge in [-0.05, 0) is 50.4 Å². The van der Waals surface area contributed by atoms with E-state index < -0.39 is 0 Å². The van der Waals surface area contributed by atoms with Crippen LogP contribution in [0.2, 0.25) is 0 Å². The number of nitrogens with zero attached hydrogens (tertiary/aromatic N) is 1. The molecule has 4 heteroatoms. The Morgan fingerprint density at radius 3 is 3.05 bits per heavy atom. The van der Waals surface area contributed by atoms with Gasteiger partial charge in [0.2, 0.25) is 0 Å². The fourth-order valence-corrected chi connectivity index (χ4v) is 3.67. The summed E-state index contributed by atoms with van der Waals surface area (Å²) >= 11 is 0. The molecule has 0 aromatic heterocycles. The molecule has 0 amide bonds. The van der Waals surface area contributed by atoms with Gasteiger partial charge >= 0.3 is 0 Å². The summed E-state index contributed by atoms with van der Waals surface area (Å²) in [5.41, 5.74) is 1.17. The molecule has 1 aromatic rings. The normalized spacial score (nSPS) is 25.8. The van der Waals surface area contributed by atoms with Gasteiger partial charge in [-0.1, -0.05) is 12.5 Å². The number of aromatic hydroxyl groups is 1. The largest absolute Gasteiger partial charge is 0.504 e. The van der Waals surface area contributed by atoms with Crippen molar-refractivity contribution in [3.63, 3.8) is 0 Å². The van der Waals surface area contributed by atoms with E-state index in [0.717, 1.165) is 12.6 Å². The van der Waals surface area contributed by atoms with E-state index in [4.69, 9.17) is 4.74 Å². The Hall–Kier alpha value is -1.26. The van der Waals surface area contributed by atoms with Gasteiger partial charge in [0, 0.05) is 25.2 Å². The van der Waals surface area contributed by atoms with Crippen molar-refractivity contribution in [2.45, 2.75) is 51.2 Å². The van der Waals surface area contributed by atoms with Crippen LogP contribution in [0, 0.1) is 0 Å². The zero-order valence-electron chi connectivity index (χ0n) is 12.8. The highest BCUT2D eigenvalue weighted by molar-refractivity contribution is 5.41. The van der Waals surface area contributed by atoms with Crippen molar-refractivity contribution in [3.8, 4) is 11.5 Å². The van der Waals surface area contributed by atoms with Gasteiger partial charge in [0.1, 0.15) is 0 Å². The van der Waals surface area contributed by atoms with Gasteiger partial charge < -0.3 is 15.2 Å². The maximum atomic E-state index is 9.75. The number of phenols is 1. The van der Waals surface area contributed by atoms with Gasteiger partial charge in [-0.25, -0.2) is 0 Å². The minimum absolute atomic E-state index is 0.222. The van der Waals surface area contributed by atoms with Crippen molar-refractivity contribution in [2.24, 2.45) is 0 Å². The number of piperidine rings is 1. The smallest absolute Gasteiger partial charge is 0.161 e. The van der Waals surface area contributed by atoms with Gasteiger partial charge in [0.05, 0.1) is 6.61 Å². The fraction of sp³-hybridized carbons (Fsp3) is 0.647. The summed E-state index contributed by atoms with van der Waals surface area (Å²) in [6.07, 6.45) is 5.31. The average molecular weight is 290 g/mol. The van der Waals surface area contributed by atoms with Crippen molar-refractivity contribution in [1.29, 1.82) is 0 Å². The lowest BCUT2D eigenvalue weighted by Crippen LogP contribution is -2.44. The zero-order chi connectivity index (χ0) is 14.7. The minimum Gasteiger partial charge on any atom is -0.504 e. The van der Waals surface area contributed by atoms with Gasteiger partial charge in [-0.3, -0.25) is 4.90 Å². The third-order valence-electron chi connectivity index (χ3n) is 4.75. The molecule has 4 nitrogen and oxygen atoms in total. The number of hydrogen-bond acceptors (Lipinski definition) is 4. The summed E-state index contributed by atoms with van der Waals surface area (Å²) in [6, 6.07) is 6.97. The van der Waals surface area contributed by atoms with E-state index in [2.05, 4.69) is 10.2 Å². The second-order valence-corrected chi connectivity index (χ2v) is 6.11. The van der Waals surface area contributed by atoms with E-state index in [0.29, 0.717) is 18.4 Å². The molecule has 2 aliphatic heterocycles. The Labute approximate surface area is 127 Å². The SMILES string of the molecule is CCOc1cc(CNC2CCN3CCCCC23)ccc1O. The summed E-state index contributed by atoms with van der Waals surface area (Å²) in [7, 11) is 0. The second-order valence-electron chi connectivity index (χ2n) is 6.11. The number of phenolic OH excluding ortho intramolecular Hbond substituents is 1. The molecule has 2 fully saturated rings. The molecule has 0 bridgehead atoms. The molecule has 2 heterocycles. The van der Waals surface area contributed by atoms with E-state index in [1.165, 1.54) is 44.3 Å². The van der Waals surface area contributed by atoms with Crippen LogP contribution in [0.3, 0.4) is 0 Å². The third kappa shape index (κ3) is 3.33. The van der Waals surface area contributed by atoms with Crippen LogP contribution < -0.4 is 10.1 Å². The van der Waals surface area contributed by atoms with Crippen LogP contribution in [-0.2, 0) is 6.54 Å². The fourth-order valence-electron chi connectivity index (χ4n) is 3.67. The first kappa shape index (κ1) is 14.7. The van der Waals surface area contributed by atoms with Crippen LogP contribution in [0.4, 0.5) is 0 Å². The molecule has 2 aliphatic rings. The summed E-state index contributed by atoms with van der Waals surface area (Å²) in [6.45, 7) is 5.86. The lowest BCUT2D eigenvalue weighted by molar-refractivity contribution is 0.180. The summed E-state index contributed by atoms with van der Waals surface area (Å²) in [5.74, 6) is 0.808. The molecule has 1 aromatic carbocycles. The number of nitrogens with one attached hydrogen (secondary N) is 1. The highest BCUT2D eigenvalue weighted by atomic mass is 16.5. The van der Waals surface area contributed by atoms with Crippen molar-refractivity contribution >= 4 is 0 Å². The monoisotopic (exact) mass is 290 g/mol. The first-order chi connectivity index (χ1) is 10.3. The highest BCUT2D eigenvalue weighted by Gasteiger charge is 2.34. The third-order valence-corrected chi connectivity index (χ3v) is 4.75. The Kier molecular flexibility index (Phi) is 4.66. The predicted molar refractivity (Wildman–Crippen MR) is 83.7 cm³/mol. The lowest BCUT2D eigenvalue weighted by Gasteiger charge is -2.32. The average Bonchev–Trinajstić information content (AvgIpc) is 2.92. The quantitative estimate of drug-likeness (QED) is 0.874. The van der Waals surface area contributed by atoms with Crippen molar-refractivity contribution in [2.75, 3.05) is 19.7 Å². The van der Waals surface area contributed by atoms with Gasteiger partial charge in [-0.2, -0.15) is 0 Å². The highest BCUT2D eigenvalue weighted by Crippen LogP contribution is 2.29. The van der Waals surface area contributed by atoms with Crippen molar-refractivity contribution < 1.29 is 9.84 Å². The second kappa shape index (κ2) is 6.67. The Morgan fingerprint density at radius 1 is 1.29 bits per heavy atom. The number of rotatable bonds is 5. The first-order valence-corrected chi connectivity index (χ1v) is 8.20. The molecule has 0 spiro atoms. The molecule has 2 saturated heterocycles. The number of hydrogen-bond donors (Lipinski definition) is 2. The van der Waals surface area contributed by atoms with E-state index in [1.807, 2.05) is 19.1 Å². The molecular formula is C17H26N2O2. The Balaban J connectivity index is 1.58. The van der Waals surface area contributed by atoms with Crippen LogP contribution in [0.25, 0.3) is 0 Å². The maximum Gasteiger partial charge on any atom is 0.161 e. The molecule has 0 aliphatic carbocycles. The van der Waals surface area contributed by atoms with Gasteiger partial charge in [0.15, 0.2) is 11.5 Å². The number of benzene rings is 1. The molecule has 21 heavy (non-hydrogen) atoms. The molecular weight excluding hydrogens is 264 g/mol. The standard InChI is InChI=1S/C17H26N2O2/c1-2-21-17-11-13(6-7-16(17)20)12-18-14-8-10-19-9-4-3-5-15(14)19/h6-7,11,14-15,18,20H,2-5,8-10,12H2,1H3. The first-order valence-electron chi connectivity index (χ1n) is 8.20. The van der Waals surface area contributed by atoms with Crippen molar-refractivity contribution in [1.82, 2.24) is 10.2 Å². The van der Waals surface area contributed by atoms with E-state index in [1.54, 1.807) is 6.07 Å². The summed E-state index contributed by atoms with van der Waals surface area (Å²) in [4.78, 5) is 2.64. The molecule has 0 radical (unpaired) electrons. The van der Waals surface area contributed by atoms with Gasteiger partial charge in [0.25, 0.3) is 0 Å². The number of fused-ring (bicyclic) bond motifs is 1. The molecule has 2 atom stereocenters. The Bertz CT molecular complexity index is 478. The predicted octanol–water partition coefficient (Wildman–Crippen LogP) is 2.51. The van der Waals surface area contributed by atoms with Crippen LogP contribution >= 0.6 is 0 Å². The zero-order valence-corrected chi connectivity index (χ0v) is 12.8. The van der Waals surface area contributed by atoms with E-state index in [-0.39, 0.29) is 5.75 Å².